The number of carbonyl (C=O) groups is 3. The Balaban J connectivity index is 2.52. The Morgan fingerprint density at radius 2 is 1.95 bits per heavy atom. The standard InChI is InChI=1S/C13H14N2O4/c1-13(2,3)9(12(18)19)15-10(16)7-5-4-6-14-8(7)11(15)17/h4-6,9H,1-3H3,(H,18,19). The summed E-state index contributed by atoms with van der Waals surface area (Å²) < 4.78 is 0. The molecule has 1 unspecified atom stereocenters. The third-order valence-corrected chi connectivity index (χ3v) is 2.99. The molecule has 2 rings (SSSR count). The minimum Gasteiger partial charge on any atom is -0.480 e. The molecule has 0 radical (unpaired) electrons. The first-order chi connectivity index (χ1) is 8.75. The monoisotopic (exact) mass is 262 g/mol. The van der Waals surface area contributed by atoms with Crippen molar-refractivity contribution in [3.8, 4) is 0 Å². The molecule has 0 bridgehead atoms. The van der Waals surface area contributed by atoms with Crippen molar-refractivity contribution in [2.24, 2.45) is 5.41 Å². The van der Waals surface area contributed by atoms with E-state index >= 15 is 0 Å². The molecule has 0 spiro atoms. The van der Waals surface area contributed by atoms with Gasteiger partial charge < -0.3 is 5.11 Å². The Kier molecular flexibility index (Phi) is 2.88. The first-order valence-electron chi connectivity index (χ1n) is 5.81. The molecule has 1 aromatic rings. The topological polar surface area (TPSA) is 87.6 Å². The summed E-state index contributed by atoms with van der Waals surface area (Å²) in [4.78, 5) is 40.4. The fourth-order valence-electron chi connectivity index (χ4n) is 2.19. The van der Waals surface area contributed by atoms with E-state index in [-0.39, 0.29) is 11.3 Å². The zero-order valence-electron chi connectivity index (χ0n) is 10.9. The number of pyridine rings is 1. The summed E-state index contributed by atoms with van der Waals surface area (Å²) in [6.07, 6.45) is 1.40. The van der Waals surface area contributed by atoms with Gasteiger partial charge in [0.25, 0.3) is 11.8 Å². The molecule has 0 aliphatic carbocycles. The van der Waals surface area contributed by atoms with E-state index in [0.29, 0.717) is 0 Å². The van der Waals surface area contributed by atoms with Gasteiger partial charge in [-0.2, -0.15) is 0 Å². The molecule has 19 heavy (non-hydrogen) atoms. The molecule has 1 atom stereocenters. The first-order valence-corrected chi connectivity index (χ1v) is 5.81. The number of hydrogen-bond acceptors (Lipinski definition) is 4. The van der Waals surface area contributed by atoms with Crippen LogP contribution < -0.4 is 0 Å². The summed E-state index contributed by atoms with van der Waals surface area (Å²) in [5.41, 5.74) is -0.592. The lowest BCUT2D eigenvalue weighted by atomic mass is 9.85. The third kappa shape index (κ3) is 1.99. The van der Waals surface area contributed by atoms with Crippen molar-refractivity contribution >= 4 is 17.8 Å². The van der Waals surface area contributed by atoms with Crippen molar-refractivity contribution in [1.82, 2.24) is 9.88 Å². The average Bonchev–Trinajstić information content (AvgIpc) is 2.53. The molecule has 2 amide bonds. The number of hydrogen-bond donors (Lipinski definition) is 1. The molecule has 0 saturated carbocycles. The molecule has 6 nitrogen and oxygen atoms in total. The van der Waals surface area contributed by atoms with Crippen LogP contribution in [0.25, 0.3) is 0 Å². The van der Waals surface area contributed by atoms with Crippen molar-refractivity contribution in [3.05, 3.63) is 29.6 Å². The molecule has 6 heteroatoms. The van der Waals surface area contributed by atoms with Crippen molar-refractivity contribution in [2.45, 2.75) is 26.8 Å². The predicted octanol–water partition coefficient (Wildman–Crippen LogP) is 1.18. The van der Waals surface area contributed by atoms with Gasteiger partial charge in [0, 0.05) is 6.20 Å². The highest BCUT2D eigenvalue weighted by Gasteiger charge is 2.48. The second kappa shape index (κ2) is 4.15. The van der Waals surface area contributed by atoms with Gasteiger partial charge in [0.15, 0.2) is 0 Å². The van der Waals surface area contributed by atoms with E-state index in [9.17, 15) is 19.5 Å². The van der Waals surface area contributed by atoms with Gasteiger partial charge in [-0.3, -0.25) is 19.5 Å². The second-order valence-corrected chi connectivity index (χ2v) is 5.49. The maximum absolute atomic E-state index is 12.2. The van der Waals surface area contributed by atoms with E-state index in [1.807, 2.05) is 0 Å². The minimum atomic E-state index is -1.22. The molecule has 0 saturated heterocycles. The first kappa shape index (κ1) is 13.2. The molecule has 0 aromatic carbocycles. The number of aromatic nitrogens is 1. The highest BCUT2D eigenvalue weighted by Crippen LogP contribution is 2.31. The number of imide groups is 1. The van der Waals surface area contributed by atoms with Crippen molar-refractivity contribution in [3.63, 3.8) is 0 Å². The quantitative estimate of drug-likeness (QED) is 0.808. The Labute approximate surface area is 110 Å². The molecule has 100 valence electrons. The van der Waals surface area contributed by atoms with E-state index in [4.69, 9.17) is 0 Å². The van der Waals surface area contributed by atoms with Crippen LogP contribution in [0.5, 0.6) is 0 Å². The predicted molar refractivity (Wildman–Crippen MR) is 65.6 cm³/mol. The van der Waals surface area contributed by atoms with Crippen LogP contribution in [-0.2, 0) is 4.79 Å². The molecule has 1 aliphatic rings. The highest BCUT2D eigenvalue weighted by atomic mass is 16.4. The van der Waals surface area contributed by atoms with Crippen molar-refractivity contribution in [2.75, 3.05) is 0 Å². The minimum absolute atomic E-state index is 0.0167. The molecule has 1 aliphatic heterocycles. The number of rotatable bonds is 2. The average molecular weight is 262 g/mol. The van der Waals surface area contributed by atoms with Gasteiger partial charge in [0.1, 0.15) is 11.7 Å². The fourth-order valence-corrected chi connectivity index (χ4v) is 2.19. The van der Waals surface area contributed by atoms with Crippen LogP contribution >= 0.6 is 0 Å². The Morgan fingerprint density at radius 1 is 1.32 bits per heavy atom. The van der Waals surface area contributed by atoms with Crippen LogP contribution in [-0.4, -0.2) is 38.8 Å². The lowest BCUT2D eigenvalue weighted by Crippen LogP contribution is -2.52. The molecule has 1 N–H and O–H groups in total. The number of aliphatic carboxylic acids is 1. The summed E-state index contributed by atoms with van der Waals surface area (Å²) >= 11 is 0. The van der Waals surface area contributed by atoms with Crippen molar-refractivity contribution < 1.29 is 19.5 Å². The second-order valence-electron chi connectivity index (χ2n) is 5.49. The van der Waals surface area contributed by atoms with Gasteiger partial charge in [-0.1, -0.05) is 20.8 Å². The van der Waals surface area contributed by atoms with Crippen LogP contribution in [0.4, 0.5) is 0 Å². The number of carboxylic acids is 1. The van der Waals surface area contributed by atoms with E-state index in [1.54, 1.807) is 26.8 Å². The lowest BCUT2D eigenvalue weighted by molar-refractivity contribution is -0.145. The highest BCUT2D eigenvalue weighted by molar-refractivity contribution is 6.21. The van der Waals surface area contributed by atoms with Gasteiger partial charge in [-0.15, -0.1) is 0 Å². The number of fused-ring (bicyclic) bond motifs is 1. The van der Waals surface area contributed by atoms with E-state index < -0.39 is 29.2 Å². The molecular formula is C13H14N2O4. The SMILES string of the molecule is CC(C)(C)C(C(=O)O)N1C(=O)c2cccnc2C1=O. The van der Waals surface area contributed by atoms with Gasteiger partial charge in [0.2, 0.25) is 0 Å². The number of amides is 2. The van der Waals surface area contributed by atoms with Gasteiger partial charge in [-0.05, 0) is 17.5 Å². The number of carbonyl (C=O) groups excluding carboxylic acids is 2. The van der Waals surface area contributed by atoms with Gasteiger partial charge >= 0.3 is 5.97 Å². The van der Waals surface area contributed by atoms with Gasteiger partial charge in [-0.25, -0.2) is 4.79 Å². The van der Waals surface area contributed by atoms with Crippen LogP contribution in [0, 0.1) is 5.41 Å². The summed E-state index contributed by atoms with van der Waals surface area (Å²) in [6.45, 7) is 5.01. The lowest BCUT2D eigenvalue weighted by Gasteiger charge is -2.32. The molecule has 0 fully saturated rings. The molecular weight excluding hydrogens is 248 g/mol. The third-order valence-electron chi connectivity index (χ3n) is 2.99. The van der Waals surface area contributed by atoms with Crippen LogP contribution in [0.15, 0.2) is 18.3 Å². The van der Waals surface area contributed by atoms with E-state index in [1.165, 1.54) is 12.3 Å². The zero-order valence-corrected chi connectivity index (χ0v) is 10.9. The zero-order chi connectivity index (χ0) is 14.4. The van der Waals surface area contributed by atoms with Crippen LogP contribution in [0.3, 0.4) is 0 Å². The smallest absolute Gasteiger partial charge is 0.327 e. The summed E-state index contributed by atoms with van der Waals surface area (Å²) in [7, 11) is 0. The largest absolute Gasteiger partial charge is 0.480 e. The van der Waals surface area contributed by atoms with Crippen LogP contribution in [0.1, 0.15) is 41.6 Å². The van der Waals surface area contributed by atoms with Crippen molar-refractivity contribution in [1.29, 1.82) is 0 Å². The maximum atomic E-state index is 12.2. The van der Waals surface area contributed by atoms with Gasteiger partial charge in [0.05, 0.1) is 5.56 Å². The summed E-state index contributed by atoms with van der Waals surface area (Å²) in [5.74, 6) is -2.46. The van der Waals surface area contributed by atoms with E-state index in [2.05, 4.69) is 4.98 Å². The molecule has 1 aromatic heterocycles. The Hall–Kier alpha value is -2.24. The summed E-state index contributed by atoms with van der Waals surface area (Å²) in [5, 5.41) is 9.32. The van der Waals surface area contributed by atoms with Crippen LogP contribution in [0.2, 0.25) is 0 Å². The number of nitrogens with zero attached hydrogens (tertiary/aromatic N) is 2. The van der Waals surface area contributed by atoms with E-state index in [0.717, 1.165) is 4.90 Å². The maximum Gasteiger partial charge on any atom is 0.327 e. The fraction of sp³-hybridized carbons (Fsp3) is 0.385. The molecule has 2 heterocycles. The summed E-state index contributed by atoms with van der Waals surface area (Å²) in [6, 6.07) is 1.80. The Morgan fingerprint density at radius 3 is 2.42 bits per heavy atom. The Bertz CT molecular complexity index is 539. The number of carboxylic acid groups (broad SMARTS) is 1. The normalized spacial score (nSPS) is 16.5.